The third kappa shape index (κ3) is 2.72. The zero-order chi connectivity index (χ0) is 23.7. The largest absolute Gasteiger partial charge is 0.309 e. The number of allylic oxidation sites excluding steroid dienone is 4. The van der Waals surface area contributed by atoms with Crippen molar-refractivity contribution in [3.8, 4) is 0 Å². The first-order valence-corrected chi connectivity index (χ1v) is 12.7. The zero-order valence-electron chi connectivity index (χ0n) is 20.6. The van der Waals surface area contributed by atoms with Crippen molar-refractivity contribution in [1.29, 1.82) is 5.41 Å². The van der Waals surface area contributed by atoms with Crippen molar-refractivity contribution < 1.29 is 0 Å². The molecule has 0 amide bonds. The van der Waals surface area contributed by atoms with Gasteiger partial charge in [-0.3, -0.25) is 0 Å². The number of rotatable bonds is 4. The molecule has 2 aliphatic carbocycles. The molecular weight excluding hydrogens is 409 g/mol. The average molecular weight is 441 g/mol. The quantitative estimate of drug-likeness (QED) is 0.323. The summed E-state index contributed by atoms with van der Waals surface area (Å²) in [5.41, 5.74) is 10.8. The van der Waals surface area contributed by atoms with Gasteiger partial charge in [-0.2, -0.15) is 0 Å². The second kappa shape index (κ2) is 7.44. The van der Waals surface area contributed by atoms with Crippen molar-refractivity contribution in [2.75, 3.05) is 0 Å². The van der Waals surface area contributed by atoms with E-state index in [1.807, 2.05) is 6.08 Å². The Balaban J connectivity index is 1.68. The third-order valence-corrected chi connectivity index (χ3v) is 9.18. The van der Waals surface area contributed by atoms with E-state index in [1.165, 1.54) is 50.6 Å². The lowest BCUT2D eigenvalue weighted by atomic mass is 9.54. The van der Waals surface area contributed by atoms with Gasteiger partial charge in [0.2, 0.25) is 0 Å². The van der Waals surface area contributed by atoms with E-state index in [4.69, 9.17) is 5.41 Å². The van der Waals surface area contributed by atoms with E-state index < -0.39 is 0 Å². The number of fused-ring (bicyclic) bond motifs is 6. The SMILES string of the molecule is CCC1c2ccccc2C2(C=C(/C=C\C=N)c3ccc(B4C(C)C4(C)C)cc32)c2ccccc21. The molecule has 1 fully saturated rings. The molecule has 1 aliphatic heterocycles. The van der Waals surface area contributed by atoms with Gasteiger partial charge >= 0.3 is 0 Å². The minimum absolute atomic E-state index is 0.297. The van der Waals surface area contributed by atoms with Gasteiger partial charge in [-0.25, -0.2) is 0 Å². The standard InChI is InChI=1S/C32H32BN/c1-5-24-26-12-6-8-14-28(26)32(29-15-9-7-13-27(24)29)20-22(11-10-18-34)25-17-16-23(19-30(25)32)33-21(2)31(33,3)4/h6-21,24,34H,5H2,1-4H3/b11-10-,34-18?. The second-order valence-corrected chi connectivity index (χ2v) is 11.0. The number of nitrogens with one attached hydrogen (secondary N) is 1. The van der Waals surface area contributed by atoms with E-state index in [-0.39, 0.29) is 5.41 Å². The number of benzene rings is 3. The lowest BCUT2D eigenvalue weighted by molar-refractivity contribution is 0.660. The minimum atomic E-state index is -0.297. The molecule has 1 saturated heterocycles. The van der Waals surface area contributed by atoms with E-state index in [2.05, 4.69) is 107 Å². The van der Waals surface area contributed by atoms with E-state index in [0.717, 1.165) is 6.42 Å². The van der Waals surface area contributed by atoms with Crippen LogP contribution in [-0.2, 0) is 5.41 Å². The van der Waals surface area contributed by atoms with Gasteiger partial charge in [-0.1, -0.05) is 123 Å². The first-order chi connectivity index (χ1) is 16.4. The fraction of sp³-hybridized carbons (Fsp3) is 0.281. The highest BCUT2D eigenvalue weighted by Gasteiger charge is 2.58. The van der Waals surface area contributed by atoms with Crippen LogP contribution in [0.3, 0.4) is 0 Å². The van der Waals surface area contributed by atoms with Gasteiger partial charge in [0, 0.05) is 12.1 Å². The average Bonchev–Trinajstić information content (AvgIpc) is 3.20. The van der Waals surface area contributed by atoms with Crippen molar-refractivity contribution in [3.63, 3.8) is 0 Å². The molecule has 0 saturated carbocycles. The van der Waals surface area contributed by atoms with Gasteiger partial charge in [0.1, 0.15) is 0 Å². The molecule has 34 heavy (non-hydrogen) atoms. The Morgan fingerprint density at radius 2 is 1.53 bits per heavy atom. The van der Waals surface area contributed by atoms with Crippen molar-refractivity contribution in [2.24, 2.45) is 0 Å². The fourth-order valence-corrected chi connectivity index (χ4v) is 7.14. The zero-order valence-corrected chi connectivity index (χ0v) is 20.6. The first-order valence-electron chi connectivity index (χ1n) is 12.7. The Morgan fingerprint density at radius 1 is 0.912 bits per heavy atom. The van der Waals surface area contributed by atoms with Crippen LogP contribution in [0.5, 0.6) is 0 Å². The van der Waals surface area contributed by atoms with Crippen molar-refractivity contribution in [2.45, 2.75) is 56.6 Å². The van der Waals surface area contributed by atoms with Gasteiger partial charge in [0.25, 0.3) is 0 Å². The molecule has 3 aromatic carbocycles. The third-order valence-electron chi connectivity index (χ3n) is 9.18. The van der Waals surface area contributed by atoms with Gasteiger partial charge in [0.05, 0.1) is 5.41 Å². The molecule has 1 atom stereocenters. The predicted molar refractivity (Wildman–Crippen MR) is 146 cm³/mol. The lowest BCUT2D eigenvalue weighted by Gasteiger charge is -2.41. The Labute approximate surface area is 204 Å². The Bertz CT molecular complexity index is 1330. The van der Waals surface area contributed by atoms with E-state index in [9.17, 15) is 0 Å². The highest BCUT2D eigenvalue weighted by Crippen LogP contribution is 2.62. The molecule has 6 rings (SSSR count). The van der Waals surface area contributed by atoms with Crippen LogP contribution in [0.15, 0.2) is 85.0 Å². The second-order valence-electron chi connectivity index (χ2n) is 11.0. The molecule has 2 heteroatoms. The highest BCUT2D eigenvalue weighted by molar-refractivity contribution is 6.87. The summed E-state index contributed by atoms with van der Waals surface area (Å²) in [5, 5.41) is 7.95. The van der Waals surface area contributed by atoms with Crippen molar-refractivity contribution in [1.82, 2.24) is 0 Å². The predicted octanol–water partition coefficient (Wildman–Crippen LogP) is 7.36. The molecule has 1 nitrogen and oxygen atoms in total. The molecule has 0 radical (unpaired) electrons. The van der Waals surface area contributed by atoms with E-state index in [0.29, 0.717) is 23.8 Å². The molecule has 3 aromatic rings. The van der Waals surface area contributed by atoms with Crippen molar-refractivity contribution in [3.05, 3.63) is 118 Å². The molecule has 0 bridgehead atoms. The summed E-state index contributed by atoms with van der Waals surface area (Å²) in [6.07, 6.45) is 8.91. The normalized spacial score (nSPS) is 25.6. The molecule has 3 aliphatic rings. The van der Waals surface area contributed by atoms with Gasteiger partial charge in [-0.05, 0) is 51.5 Å². The molecule has 1 spiro atoms. The highest BCUT2D eigenvalue weighted by atomic mass is 14.5. The molecule has 1 heterocycles. The van der Waals surface area contributed by atoms with E-state index >= 15 is 0 Å². The van der Waals surface area contributed by atoms with Crippen LogP contribution < -0.4 is 5.46 Å². The maximum atomic E-state index is 7.60. The van der Waals surface area contributed by atoms with Crippen molar-refractivity contribution >= 4 is 24.0 Å². The lowest BCUT2D eigenvalue weighted by Crippen LogP contribution is -2.34. The van der Waals surface area contributed by atoms with Crippen LogP contribution >= 0.6 is 0 Å². The topological polar surface area (TPSA) is 23.9 Å². The van der Waals surface area contributed by atoms with Crippen LogP contribution in [0.25, 0.3) is 5.57 Å². The summed E-state index contributed by atoms with van der Waals surface area (Å²) in [6.45, 7) is 10.1. The van der Waals surface area contributed by atoms with Crippen LogP contribution in [0, 0.1) is 5.41 Å². The molecular formula is C32H32BN. The maximum absolute atomic E-state index is 7.60. The van der Waals surface area contributed by atoms with Crippen LogP contribution in [0.4, 0.5) is 0 Å². The van der Waals surface area contributed by atoms with Gasteiger partial charge < -0.3 is 5.41 Å². The molecule has 0 aromatic heterocycles. The Kier molecular flexibility index (Phi) is 4.68. The summed E-state index contributed by atoms with van der Waals surface area (Å²) in [7, 11) is 0. The number of hydrogen-bond acceptors (Lipinski definition) is 1. The molecule has 168 valence electrons. The van der Waals surface area contributed by atoms with Crippen LogP contribution in [0.2, 0.25) is 11.1 Å². The Hall–Kier alpha value is -3.13. The maximum Gasteiger partial charge on any atom is 0.184 e. The first kappa shape index (κ1) is 21.4. The fourth-order valence-electron chi connectivity index (χ4n) is 7.14. The molecule has 1 N–H and O–H groups in total. The smallest absolute Gasteiger partial charge is 0.184 e. The van der Waals surface area contributed by atoms with E-state index in [1.54, 1.807) is 0 Å². The monoisotopic (exact) mass is 441 g/mol. The summed E-state index contributed by atoms with van der Waals surface area (Å²) in [4.78, 5) is 0. The van der Waals surface area contributed by atoms with Gasteiger partial charge in [0.15, 0.2) is 6.71 Å². The molecule has 1 unspecified atom stereocenters. The summed E-state index contributed by atoms with van der Waals surface area (Å²) < 4.78 is 0. The van der Waals surface area contributed by atoms with Gasteiger partial charge in [-0.15, -0.1) is 0 Å². The summed E-state index contributed by atoms with van der Waals surface area (Å²) in [5.74, 6) is 1.12. The van der Waals surface area contributed by atoms with Crippen LogP contribution in [-0.4, -0.2) is 12.9 Å². The summed E-state index contributed by atoms with van der Waals surface area (Å²) in [6, 6.07) is 25.4. The van der Waals surface area contributed by atoms with Crippen LogP contribution in [0.1, 0.15) is 73.4 Å². The Morgan fingerprint density at radius 3 is 2.09 bits per heavy atom. The minimum Gasteiger partial charge on any atom is -0.309 e. The number of hydrogen-bond donors (Lipinski definition) is 1. The summed E-state index contributed by atoms with van der Waals surface area (Å²) >= 11 is 0.